The highest BCUT2D eigenvalue weighted by atomic mass is 32.2. The van der Waals surface area contributed by atoms with Gasteiger partial charge in [-0.05, 0) is 18.6 Å². The first kappa shape index (κ1) is 10.8. The van der Waals surface area contributed by atoms with Gasteiger partial charge in [0.2, 0.25) is 0 Å². The van der Waals surface area contributed by atoms with Crippen LogP contribution >= 0.6 is 0 Å². The molecule has 78 valence electrons. The van der Waals surface area contributed by atoms with E-state index in [1.165, 1.54) is 13.2 Å². The molecule has 0 aliphatic rings. The zero-order chi connectivity index (χ0) is 10.7. The number of nitrogen functional groups attached to an aromatic ring is 1. The summed E-state index contributed by atoms with van der Waals surface area (Å²) < 4.78 is 28.5. The fourth-order valence-electron chi connectivity index (χ4n) is 1.04. The highest BCUT2D eigenvalue weighted by Crippen LogP contribution is 2.30. The molecular weight excluding hydrogens is 206 g/mol. The molecule has 0 aliphatic carbocycles. The zero-order valence-corrected chi connectivity index (χ0v) is 8.63. The molecule has 3 N–H and O–H groups in total. The predicted octanol–water partition coefficient (Wildman–Crippen LogP) is 1.10. The maximum absolute atomic E-state index is 10.4. The van der Waals surface area contributed by atoms with Gasteiger partial charge in [0.25, 0.3) is 0 Å². The average Bonchev–Trinajstić information content (AvgIpc) is 2.09. The number of benzene rings is 1. The summed E-state index contributed by atoms with van der Waals surface area (Å²) in [6, 6.07) is 3.08. The van der Waals surface area contributed by atoms with Crippen LogP contribution in [-0.2, 0) is 11.4 Å². The highest BCUT2D eigenvalue weighted by molar-refractivity contribution is 7.74. The Morgan fingerprint density at radius 2 is 2.07 bits per heavy atom. The summed E-state index contributed by atoms with van der Waals surface area (Å²) in [5, 5.41) is 0. The van der Waals surface area contributed by atoms with Gasteiger partial charge in [-0.25, -0.2) is 0 Å². The molecule has 0 amide bonds. The van der Waals surface area contributed by atoms with Crippen LogP contribution in [0.15, 0.2) is 12.1 Å². The first-order chi connectivity index (χ1) is 6.54. The maximum Gasteiger partial charge on any atom is 0.357 e. The van der Waals surface area contributed by atoms with Crippen molar-refractivity contribution in [2.24, 2.45) is 0 Å². The van der Waals surface area contributed by atoms with Gasteiger partial charge >= 0.3 is 11.4 Å². The molecule has 1 rings (SSSR count). The fourth-order valence-corrected chi connectivity index (χ4v) is 1.37. The monoisotopic (exact) mass is 217 g/mol. The van der Waals surface area contributed by atoms with E-state index in [9.17, 15) is 4.21 Å². The third kappa shape index (κ3) is 2.36. The summed E-state index contributed by atoms with van der Waals surface area (Å²) in [4.78, 5) is 0. The van der Waals surface area contributed by atoms with Crippen LogP contribution in [-0.4, -0.2) is 15.9 Å². The Labute approximate surface area is 84.3 Å². The molecule has 0 spiro atoms. The van der Waals surface area contributed by atoms with E-state index in [1.54, 1.807) is 13.0 Å². The summed E-state index contributed by atoms with van der Waals surface area (Å²) in [6.45, 7) is 1.72. The number of hydrogen-bond acceptors (Lipinski definition) is 4. The van der Waals surface area contributed by atoms with Crippen LogP contribution in [0.1, 0.15) is 5.56 Å². The fraction of sp³-hybridized carbons (Fsp3) is 0.250. The quantitative estimate of drug-likeness (QED) is 0.585. The van der Waals surface area contributed by atoms with E-state index in [-0.39, 0.29) is 5.75 Å². The van der Waals surface area contributed by atoms with Gasteiger partial charge in [-0.1, -0.05) is 0 Å². The van der Waals surface area contributed by atoms with E-state index in [2.05, 4.69) is 4.18 Å². The van der Waals surface area contributed by atoms with Crippen molar-refractivity contribution in [3.8, 4) is 11.5 Å². The van der Waals surface area contributed by atoms with Crippen molar-refractivity contribution in [2.75, 3.05) is 12.8 Å². The molecule has 1 aromatic carbocycles. The standard InChI is InChI=1S/C8H11NO4S/c1-5-3-6(9)8(12-2)4-7(5)13-14(10)11/h3-4H,9H2,1-2H3,(H,10,11). The molecular formula is C8H11NO4S. The smallest absolute Gasteiger partial charge is 0.357 e. The molecule has 6 heteroatoms. The van der Waals surface area contributed by atoms with E-state index >= 15 is 0 Å². The van der Waals surface area contributed by atoms with Crippen molar-refractivity contribution in [1.29, 1.82) is 0 Å². The maximum atomic E-state index is 10.4. The molecule has 0 aromatic heterocycles. The molecule has 0 saturated heterocycles. The lowest BCUT2D eigenvalue weighted by molar-refractivity contribution is 0.412. The molecule has 0 saturated carbocycles. The Hall–Kier alpha value is -1.27. The van der Waals surface area contributed by atoms with Crippen LogP contribution in [0.4, 0.5) is 5.69 Å². The number of hydrogen-bond donors (Lipinski definition) is 2. The Bertz CT molecular complexity index is 367. The van der Waals surface area contributed by atoms with Crippen LogP contribution in [0, 0.1) is 6.92 Å². The zero-order valence-electron chi connectivity index (χ0n) is 7.81. The average molecular weight is 217 g/mol. The lowest BCUT2D eigenvalue weighted by Crippen LogP contribution is -2.01. The number of aryl methyl sites for hydroxylation is 1. The van der Waals surface area contributed by atoms with Gasteiger partial charge in [-0.2, -0.15) is 4.21 Å². The van der Waals surface area contributed by atoms with Gasteiger partial charge in [-0.15, -0.1) is 0 Å². The van der Waals surface area contributed by atoms with Crippen molar-refractivity contribution >= 4 is 17.0 Å². The van der Waals surface area contributed by atoms with Crippen LogP contribution in [0.25, 0.3) is 0 Å². The number of ether oxygens (including phenoxy) is 1. The second-order valence-electron chi connectivity index (χ2n) is 2.66. The van der Waals surface area contributed by atoms with E-state index in [0.29, 0.717) is 17.0 Å². The molecule has 1 unspecified atom stereocenters. The minimum absolute atomic E-state index is 0.275. The van der Waals surface area contributed by atoms with Crippen molar-refractivity contribution in [2.45, 2.75) is 6.92 Å². The van der Waals surface area contributed by atoms with Crippen molar-refractivity contribution in [3.05, 3.63) is 17.7 Å². The van der Waals surface area contributed by atoms with E-state index < -0.39 is 11.4 Å². The number of nitrogens with two attached hydrogens (primary N) is 1. The predicted molar refractivity (Wildman–Crippen MR) is 53.5 cm³/mol. The molecule has 1 atom stereocenters. The molecule has 0 bridgehead atoms. The van der Waals surface area contributed by atoms with Crippen LogP contribution in [0.3, 0.4) is 0 Å². The number of methoxy groups -OCH3 is 1. The Balaban J connectivity index is 3.10. The summed E-state index contributed by atoms with van der Waals surface area (Å²) in [7, 11) is 1.46. The third-order valence-electron chi connectivity index (χ3n) is 1.69. The Morgan fingerprint density at radius 1 is 1.43 bits per heavy atom. The Kier molecular flexibility index (Phi) is 3.32. The van der Waals surface area contributed by atoms with Crippen LogP contribution in [0.5, 0.6) is 11.5 Å². The first-order valence-electron chi connectivity index (χ1n) is 3.78. The number of rotatable bonds is 3. The lowest BCUT2D eigenvalue weighted by Gasteiger charge is -2.09. The van der Waals surface area contributed by atoms with Gasteiger partial charge in [-0.3, -0.25) is 4.55 Å². The lowest BCUT2D eigenvalue weighted by atomic mass is 10.2. The summed E-state index contributed by atoms with van der Waals surface area (Å²) in [6.07, 6.45) is 0. The number of anilines is 1. The van der Waals surface area contributed by atoms with E-state index in [1.807, 2.05) is 0 Å². The van der Waals surface area contributed by atoms with Gasteiger partial charge < -0.3 is 14.7 Å². The minimum Gasteiger partial charge on any atom is -0.494 e. The molecule has 14 heavy (non-hydrogen) atoms. The summed E-state index contributed by atoms with van der Waals surface area (Å²) >= 11 is -2.34. The molecule has 0 heterocycles. The molecule has 5 nitrogen and oxygen atoms in total. The minimum atomic E-state index is -2.34. The Morgan fingerprint density at radius 3 is 2.57 bits per heavy atom. The van der Waals surface area contributed by atoms with Crippen molar-refractivity contribution in [3.63, 3.8) is 0 Å². The third-order valence-corrected chi connectivity index (χ3v) is 2.01. The van der Waals surface area contributed by atoms with Crippen molar-refractivity contribution in [1.82, 2.24) is 0 Å². The largest absolute Gasteiger partial charge is 0.494 e. The summed E-state index contributed by atoms with van der Waals surface area (Å²) in [5.74, 6) is 0.688. The second kappa shape index (κ2) is 4.30. The normalized spacial score (nSPS) is 12.2. The molecule has 0 radical (unpaired) electrons. The van der Waals surface area contributed by atoms with Crippen molar-refractivity contribution < 1.29 is 17.7 Å². The SMILES string of the molecule is COc1cc(OS(=O)O)c(C)cc1N. The van der Waals surface area contributed by atoms with Crippen LogP contribution < -0.4 is 14.7 Å². The van der Waals surface area contributed by atoms with Gasteiger partial charge in [0.15, 0.2) is 0 Å². The molecule has 1 aromatic rings. The second-order valence-corrected chi connectivity index (χ2v) is 3.26. The first-order valence-corrected chi connectivity index (χ1v) is 4.81. The summed E-state index contributed by atoms with van der Waals surface area (Å²) in [5.41, 5.74) is 6.74. The highest BCUT2D eigenvalue weighted by Gasteiger charge is 2.08. The van der Waals surface area contributed by atoms with E-state index in [0.717, 1.165) is 0 Å². The van der Waals surface area contributed by atoms with Crippen LogP contribution in [0.2, 0.25) is 0 Å². The van der Waals surface area contributed by atoms with Gasteiger partial charge in [0.05, 0.1) is 12.8 Å². The topological polar surface area (TPSA) is 81.8 Å². The molecule has 0 fully saturated rings. The molecule has 0 aliphatic heterocycles. The van der Waals surface area contributed by atoms with E-state index in [4.69, 9.17) is 15.0 Å². The van der Waals surface area contributed by atoms with Gasteiger partial charge in [0.1, 0.15) is 11.5 Å². The van der Waals surface area contributed by atoms with Gasteiger partial charge in [0, 0.05) is 6.07 Å².